The van der Waals surface area contributed by atoms with Crippen LogP contribution in [-0.2, 0) is 11.3 Å². The first-order chi connectivity index (χ1) is 11.9. The van der Waals surface area contributed by atoms with Crippen LogP contribution in [-0.4, -0.2) is 33.2 Å². The molecule has 0 radical (unpaired) electrons. The molecule has 1 aliphatic carbocycles. The summed E-state index contributed by atoms with van der Waals surface area (Å²) in [6.07, 6.45) is 9.60. The number of rotatable bonds is 6. The van der Waals surface area contributed by atoms with Gasteiger partial charge in [-0.05, 0) is 43.0 Å². The zero-order valence-electron chi connectivity index (χ0n) is 14.0. The van der Waals surface area contributed by atoms with Gasteiger partial charge in [0.2, 0.25) is 0 Å². The molecule has 130 valence electrons. The van der Waals surface area contributed by atoms with Crippen molar-refractivity contribution in [2.24, 2.45) is 5.92 Å². The highest BCUT2D eigenvalue weighted by Gasteiger charge is 2.23. The molecule has 1 atom stereocenters. The molecular formula is C18H25N3OS2. The minimum atomic E-state index is 0.314. The molecular weight excluding hydrogens is 338 g/mol. The van der Waals surface area contributed by atoms with Gasteiger partial charge in [-0.1, -0.05) is 37.1 Å². The highest BCUT2D eigenvalue weighted by molar-refractivity contribution is 7.99. The zero-order chi connectivity index (χ0) is 16.2. The third kappa shape index (κ3) is 3.86. The van der Waals surface area contributed by atoms with E-state index in [1.165, 1.54) is 49.2 Å². The summed E-state index contributed by atoms with van der Waals surface area (Å²) in [6.45, 7) is 1.78. The highest BCUT2D eigenvalue weighted by Crippen LogP contribution is 2.32. The van der Waals surface area contributed by atoms with Crippen LogP contribution in [0.15, 0.2) is 22.7 Å². The number of hydrogen-bond acceptors (Lipinski definition) is 5. The second-order valence-corrected chi connectivity index (χ2v) is 8.78. The highest BCUT2D eigenvalue weighted by atomic mass is 32.2. The van der Waals surface area contributed by atoms with Gasteiger partial charge in [0.25, 0.3) is 0 Å². The van der Waals surface area contributed by atoms with Gasteiger partial charge in [-0.2, -0.15) is 0 Å². The van der Waals surface area contributed by atoms with E-state index in [9.17, 15) is 0 Å². The van der Waals surface area contributed by atoms with Gasteiger partial charge < -0.3 is 4.74 Å². The third-order valence-electron chi connectivity index (χ3n) is 5.04. The van der Waals surface area contributed by atoms with Crippen LogP contribution in [0.25, 0.3) is 10.7 Å². The molecule has 2 aromatic heterocycles. The fourth-order valence-electron chi connectivity index (χ4n) is 3.69. The first kappa shape index (κ1) is 16.6. The van der Waals surface area contributed by atoms with Gasteiger partial charge in [0.1, 0.15) is 0 Å². The molecule has 1 saturated carbocycles. The van der Waals surface area contributed by atoms with E-state index < -0.39 is 0 Å². The first-order valence-electron chi connectivity index (χ1n) is 9.11. The van der Waals surface area contributed by atoms with Crippen molar-refractivity contribution >= 4 is 23.1 Å². The van der Waals surface area contributed by atoms with E-state index in [2.05, 4.69) is 32.3 Å². The Morgan fingerprint density at radius 1 is 1.17 bits per heavy atom. The second kappa shape index (κ2) is 8.02. The lowest BCUT2D eigenvalue weighted by atomic mass is 9.91. The van der Waals surface area contributed by atoms with Crippen LogP contribution < -0.4 is 0 Å². The van der Waals surface area contributed by atoms with Gasteiger partial charge >= 0.3 is 0 Å². The maximum atomic E-state index is 5.87. The molecule has 0 N–H and O–H groups in total. The lowest BCUT2D eigenvalue weighted by Crippen LogP contribution is -2.17. The Labute approximate surface area is 152 Å². The summed E-state index contributed by atoms with van der Waals surface area (Å²) in [5, 5.41) is 12.2. The Morgan fingerprint density at radius 2 is 2.08 bits per heavy atom. The average molecular weight is 364 g/mol. The maximum absolute atomic E-state index is 5.87. The topological polar surface area (TPSA) is 39.9 Å². The van der Waals surface area contributed by atoms with Gasteiger partial charge in [0, 0.05) is 12.4 Å². The fraction of sp³-hybridized carbons (Fsp3) is 0.667. The third-order valence-corrected chi connectivity index (χ3v) is 7.11. The van der Waals surface area contributed by atoms with E-state index in [1.54, 1.807) is 11.3 Å². The van der Waals surface area contributed by atoms with Gasteiger partial charge in [-0.25, -0.2) is 0 Å². The molecule has 0 aromatic carbocycles. The van der Waals surface area contributed by atoms with Crippen molar-refractivity contribution in [1.82, 2.24) is 14.8 Å². The lowest BCUT2D eigenvalue weighted by Gasteiger charge is -2.21. The van der Waals surface area contributed by atoms with Crippen molar-refractivity contribution in [2.75, 3.05) is 12.4 Å². The molecule has 4 nitrogen and oxygen atoms in total. The molecule has 2 aromatic rings. The van der Waals surface area contributed by atoms with E-state index in [-0.39, 0.29) is 0 Å². The number of ether oxygens (including phenoxy) is 1. The van der Waals surface area contributed by atoms with E-state index in [4.69, 9.17) is 4.74 Å². The number of thiophene rings is 1. The van der Waals surface area contributed by atoms with E-state index in [0.29, 0.717) is 6.10 Å². The molecule has 2 aliphatic rings. The Morgan fingerprint density at radius 3 is 2.83 bits per heavy atom. The Hall–Kier alpha value is -0.850. The summed E-state index contributed by atoms with van der Waals surface area (Å²) in [5.74, 6) is 3.03. The quantitative estimate of drug-likeness (QED) is 0.687. The molecule has 0 amide bonds. The molecule has 0 bridgehead atoms. The summed E-state index contributed by atoms with van der Waals surface area (Å²) in [7, 11) is 0. The van der Waals surface area contributed by atoms with Gasteiger partial charge in [0.05, 0.1) is 17.5 Å². The SMILES string of the molecule is c1csc(-c2nnc(SCC3CCCCC3)n2CC2CCCO2)c1. The van der Waals surface area contributed by atoms with Gasteiger partial charge in [-0.15, -0.1) is 21.5 Å². The van der Waals surface area contributed by atoms with Crippen molar-refractivity contribution < 1.29 is 4.74 Å². The number of hydrogen-bond donors (Lipinski definition) is 0. The van der Waals surface area contributed by atoms with Crippen LogP contribution in [0.2, 0.25) is 0 Å². The maximum Gasteiger partial charge on any atom is 0.191 e. The van der Waals surface area contributed by atoms with Crippen molar-refractivity contribution in [1.29, 1.82) is 0 Å². The lowest BCUT2D eigenvalue weighted by molar-refractivity contribution is 0.0953. The molecule has 2 fully saturated rings. The molecule has 0 spiro atoms. The van der Waals surface area contributed by atoms with Crippen LogP contribution in [0.3, 0.4) is 0 Å². The Kier molecular flexibility index (Phi) is 5.55. The predicted molar refractivity (Wildman–Crippen MR) is 99.6 cm³/mol. The minimum Gasteiger partial charge on any atom is -0.376 e. The van der Waals surface area contributed by atoms with Gasteiger partial charge in [0.15, 0.2) is 11.0 Å². The van der Waals surface area contributed by atoms with Crippen LogP contribution >= 0.6 is 23.1 Å². The molecule has 4 rings (SSSR count). The number of aromatic nitrogens is 3. The average Bonchev–Trinajstić information content (AvgIpc) is 3.37. The zero-order valence-corrected chi connectivity index (χ0v) is 15.7. The Balaban J connectivity index is 1.51. The minimum absolute atomic E-state index is 0.314. The number of nitrogens with zero attached hydrogens (tertiary/aromatic N) is 3. The fourth-order valence-corrected chi connectivity index (χ4v) is 5.54. The van der Waals surface area contributed by atoms with Crippen molar-refractivity contribution in [3.63, 3.8) is 0 Å². The van der Waals surface area contributed by atoms with Crippen molar-refractivity contribution in [3.05, 3.63) is 17.5 Å². The smallest absolute Gasteiger partial charge is 0.191 e. The van der Waals surface area contributed by atoms with E-state index in [0.717, 1.165) is 36.5 Å². The summed E-state index contributed by atoms with van der Waals surface area (Å²) in [6, 6.07) is 4.22. The van der Waals surface area contributed by atoms with Crippen LogP contribution in [0.4, 0.5) is 0 Å². The summed E-state index contributed by atoms with van der Waals surface area (Å²) in [4.78, 5) is 1.20. The van der Waals surface area contributed by atoms with Crippen molar-refractivity contribution in [2.45, 2.75) is 62.8 Å². The van der Waals surface area contributed by atoms with E-state index in [1.807, 2.05) is 11.8 Å². The van der Waals surface area contributed by atoms with Crippen LogP contribution in [0.1, 0.15) is 44.9 Å². The van der Waals surface area contributed by atoms with Crippen molar-refractivity contribution in [3.8, 4) is 10.7 Å². The molecule has 6 heteroatoms. The summed E-state index contributed by atoms with van der Waals surface area (Å²) < 4.78 is 8.17. The summed E-state index contributed by atoms with van der Waals surface area (Å²) >= 11 is 3.63. The van der Waals surface area contributed by atoms with E-state index >= 15 is 0 Å². The normalized spacial score (nSPS) is 22.2. The summed E-state index contributed by atoms with van der Waals surface area (Å²) in [5.41, 5.74) is 0. The monoisotopic (exact) mass is 363 g/mol. The Bertz CT molecular complexity index is 629. The van der Waals surface area contributed by atoms with Crippen LogP contribution in [0.5, 0.6) is 0 Å². The predicted octanol–water partition coefficient (Wildman–Crippen LogP) is 4.86. The first-order valence-corrected chi connectivity index (χ1v) is 11.0. The second-order valence-electron chi connectivity index (χ2n) is 6.84. The number of thioether (sulfide) groups is 1. The standard InChI is InChI=1S/C18H25N3OS2/c1-2-6-14(7-3-1)13-24-18-20-19-17(16-9-5-11-23-16)21(18)12-15-8-4-10-22-15/h5,9,11,14-15H,1-4,6-8,10,12-13H2. The molecule has 1 saturated heterocycles. The molecule has 3 heterocycles. The molecule has 24 heavy (non-hydrogen) atoms. The molecule has 1 aliphatic heterocycles. The largest absolute Gasteiger partial charge is 0.376 e. The molecule has 1 unspecified atom stereocenters. The van der Waals surface area contributed by atoms with Crippen LogP contribution in [0, 0.1) is 5.92 Å². The van der Waals surface area contributed by atoms with Gasteiger partial charge in [-0.3, -0.25) is 4.57 Å².